The van der Waals surface area contributed by atoms with Crippen LogP contribution in [0.3, 0.4) is 0 Å². The number of fused-ring (bicyclic) bond motifs is 2. The molecule has 0 atom stereocenters. The number of pyridine rings is 1. The monoisotopic (exact) mass is 314 g/mol. The molecule has 1 fully saturated rings. The molecular formula is C17H22N4O2. The fourth-order valence-electron chi connectivity index (χ4n) is 3.71. The van der Waals surface area contributed by atoms with Gasteiger partial charge in [0.1, 0.15) is 5.60 Å². The summed E-state index contributed by atoms with van der Waals surface area (Å²) in [7, 11) is 1.70. The van der Waals surface area contributed by atoms with Crippen molar-refractivity contribution in [3.8, 4) is 5.75 Å². The number of ether oxygens (including phenoxy) is 2. The number of methoxy groups -OCH3 is 1. The molecular weight excluding hydrogens is 292 g/mol. The molecule has 1 N–H and O–H groups in total. The van der Waals surface area contributed by atoms with Crippen molar-refractivity contribution in [3.05, 3.63) is 35.3 Å². The van der Waals surface area contributed by atoms with Gasteiger partial charge in [0.05, 0.1) is 25.6 Å². The van der Waals surface area contributed by atoms with E-state index in [1.807, 2.05) is 25.3 Å². The summed E-state index contributed by atoms with van der Waals surface area (Å²) in [6.07, 6.45) is 4.75. The molecule has 0 saturated carbocycles. The smallest absolute Gasteiger partial charge is 0.171 e. The van der Waals surface area contributed by atoms with Crippen molar-refractivity contribution in [2.24, 2.45) is 0 Å². The summed E-state index contributed by atoms with van der Waals surface area (Å²) < 4.78 is 11.7. The summed E-state index contributed by atoms with van der Waals surface area (Å²) >= 11 is 0. The molecule has 2 aliphatic rings. The van der Waals surface area contributed by atoms with Gasteiger partial charge in [0.15, 0.2) is 11.6 Å². The van der Waals surface area contributed by atoms with Gasteiger partial charge in [-0.2, -0.15) is 5.10 Å². The van der Waals surface area contributed by atoms with E-state index in [4.69, 9.17) is 9.47 Å². The molecule has 6 nitrogen and oxygen atoms in total. The topological polar surface area (TPSA) is 63.3 Å². The maximum atomic E-state index is 6.21. The zero-order valence-electron chi connectivity index (χ0n) is 13.6. The maximum absolute atomic E-state index is 6.21. The zero-order valence-corrected chi connectivity index (χ0v) is 13.6. The minimum atomic E-state index is -0.211. The number of rotatable bonds is 2. The van der Waals surface area contributed by atoms with Crippen molar-refractivity contribution < 1.29 is 9.47 Å². The number of aromatic amines is 1. The third kappa shape index (κ3) is 2.37. The van der Waals surface area contributed by atoms with Crippen molar-refractivity contribution in [2.75, 3.05) is 31.7 Å². The Labute approximate surface area is 135 Å². The van der Waals surface area contributed by atoms with E-state index >= 15 is 0 Å². The summed E-state index contributed by atoms with van der Waals surface area (Å²) in [5.74, 6) is 1.77. The Bertz CT molecular complexity index is 704. The molecule has 4 heterocycles. The molecule has 6 heteroatoms. The predicted molar refractivity (Wildman–Crippen MR) is 86.9 cm³/mol. The summed E-state index contributed by atoms with van der Waals surface area (Å²) in [6.45, 7) is 4.57. The van der Waals surface area contributed by atoms with Crippen molar-refractivity contribution >= 4 is 5.82 Å². The van der Waals surface area contributed by atoms with E-state index in [2.05, 4.69) is 20.1 Å². The molecule has 0 aliphatic carbocycles. The summed E-state index contributed by atoms with van der Waals surface area (Å²) in [6, 6.07) is 3.97. The van der Waals surface area contributed by atoms with Gasteiger partial charge in [-0.15, -0.1) is 0 Å². The number of nitrogens with one attached hydrogen (secondary N) is 1. The van der Waals surface area contributed by atoms with E-state index in [0.717, 1.165) is 56.2 Å². The molecule has 0 unspecified atom stereocenters. The SMILES string of the molecule is COc1ccc(C)nc1N1CCC2(CC1)OCCc1cn[nH]c12. The number of H-pyrrole nitrogens is 1. The molecule has 23 heavy (non-hydrogen) atoms. The first-order valence-electron chi connectivity index (χ1n) is 8.15. The first kappa shape index (κ1) is 14.5. The van der Waals surface area contributed by atoms with Crippen LogP contribution in [-0.2, 0) is 16.8 Å². The van der Waals surface area contributed by atoms with Crippen LogP contribution in [0.25, 0.3) is 0 Å². The zero-order chi connectivity index (χ0) is 15.9. The van der Waals surface area contributed by atoms with E-state index in [1.165, 1.54) is 11.3 Å². The van der Waals surface area contributed by atoms with Crippen LogP contribution >= 0.6 is 0 Å². The average Bonchev–Trinajstić information content (AvgIpc) is 3.06. The molecule has 122 valence electrons. The normalized spacial score (nSPS) is 19.7. The van der Waals surface area contributed by atoms with Gasteiger partial charge >= 0.3 is 0 Å². The summed E-state index contributed by atoms with van der Waals surface area (Å²) in [4.78, 5) is 6.97. The quantitative estimate of drug-likeness (QED) is 0.920. The van der Waals surface area contributed by atoms with Gasteiger partial charge in [-0.3, -0.25) is 5.10 Å². The summed E-state index contributed by atoms with van der Waals surface area (Å²) in [5.41, 5.74) is 3.27. The van der Waals surface area contributed by atoms with E-state index in [1.54, 1.807) is 7.11 Å². The number of aromatic nitrogens is 3. The molecule has 4 rings (SSSR count). The van der Waals surface area contributed by atoms with Gasteiger partial charge in [0.25, 0.3) is 0 Å². The molecule has 2 aromatic rings. The van der Waals surface area contributed by atoms with Crippen molar-refractivity contribution in [2.45, 2.75) is 31.8 Å². The lowest BCUT2D eigenvalue weighted by Gasteiger charge is -2.43. The summed E-state index contributed by atoms with van der Waals surface area (Å²) in [5, 5.41) is 7.39. The van der Waals surface area contributed by atoms with Crippen LogP contribution in [0.2, 0.25) is 0 Å². The Morgan fingerprint density at radius 1 is 1.30 bits per heavy atom. The number of hydrogen-bond acceptors (Lipinski definition) is 5. The van der Waals surface area contributed by atoms with Crippen LogP contribution in [0.5, 0.6) is 5.75 Å². The van der Waals surface area contributed by atoms with Crippen LogP contribution in [-0.4, -0.2) is 42.0 Å². The lowest BCUT2D eigenvalue weighted by molar-refractivity contribution is -0.0796. The van der Waals surface area contributed by atoms with Crippen LogP contribution < -0.4 is 9.64 Å². The molecule has 0 bridgehead atoms. The minimum Gasteiger partial charge on any atom is -0.493 e. The first-order valence-corrected chi connectivity index (χ1v) is 8.15. The average molecular weight is 314 g/mol. The lowest BCUT2D eigenvalue weighted by Crippen LogP contribution is -2.47. The number of anilines is 1. The number of nitrogens with zero attached hydrogens (tertiary/aromatic N) is 3. The van der Waals surface area contributed by atoms with E-state index < -0.39 is 0 Å². The Balaban J connectivity index is 1.58. The predicted octanol–water partition coefficient (Wildman–Crippen LogP) is 2.19. The van der Waals surface area contributed by atoms with Crippen LogP contribution in [0, 0.1) is 6.92 Å². The number of piperidine rings is 1. The highest BCUT2D eigenvalue weighted by Gasteiger charge is 2.42. The highest BCUT2D eigenvalue weighted by Crippen LogP contribution is 2.41. The number of aryl methyl sites for hydroxylation is 1. The van der Waals surface area contributed by atoms with E-state index in [-0.39, 0.29) is 5.60 Å². The molecule has 1 spiro atoms. The largest absolute Gasteiger partial charge is 0.493 e. The molecule has 2 aliphatic heterocycles. The van der Waals surface area contributed by atoms with Crippen LogP contribution in [0.1, 0.15) is 29.8 Å². The second-order valence-corrected chi connectivity index (χ2v) is 6.33. The molecule has 0 aromatic carbocycles. The van der Waals surface area contributed by atoms with Gasteiger partial charge in [-0.1, -0.05) is 0 Å². The molecule has 1 saturated heterocycles. The van der Waals surface area contributed by atoms with Crippen molar-refractivity contribution in [3.63, 3.8) is 0 Å². The fourth-order valence-corrected chi connectivity index (χ4v) is 3.71. The Morgan fingerprint density at radius 3 is 2.91 bits per heavy atom. The molecule has 0 radical (unpaired) electrons. The fraction of sp³-hybridized carbons (Fsp3) is 0.529. The Hall–Kier alpha value is -2.08. The lowest BCUT2D eigenvalue weighted by atomic mass is 9.84. The van der Waals surface area contributed by atoms with E-state index in [9.17, 15) is 0 Å². The van der Waals surface area contributed by atoms with Crippen molar-refractivity contribution in [1.82, 2.24) is 15.2 Å². The van der Waals surface area contributed by atoms with Crippen LogP contribution in [0.15, 0.2) is 18.3 Å². The minimum absolute atomic E-state index is 0.211. The highest BCUT2D eigenvalue weighted by molar-refractivity contribution is 5.53. The first-order chi connectivity index (χ1) is 11.2. The third-order valence-corrected chi connectivity index (χ3v) is 4.99. The van der Waals surface area contributed by atoms with Crippen molar-refractivity contribution in [1.29, 1.82) is 0 Å². The maximum Gasteiger partial charge on any atom is 0.171 e. The second-order valence-electron chi connectivity index (χ2n) is 6.33. The highest BCUT2D eigenvalue weighted by atomic mass is 16.5. The van der Waals surface area contributed by atoms with Gasteiger partial charge in [0, 0.05) is 18.8 Å². The van der Waals surface area contributed by atoms with Crippen LogP contribution in [0.4, 0.5) is 5.82 Å². The molecule has 2 aromatic heterocycles. The van der Waals surface area contributed by atoms with Gasteiger partial charge in [0.2, 0.25) is 0 Å². The van der Waals surface area contributed by atoms with E-state index in [0.29, 0.717) is 0 Å². The third-order valence-electron chi connectivity index (χ3n) is 4.99. The standard InChI is InChI=1S/C17H22N4O2/c1-12-3-4-14(22-2)16(19-12)21-8-6-17(7-9-21)15-13(5-10-23-17)11-18-20-15/h3-4,11H,5-10H2,1-2H3,(H,18,20). The van der Waals surface area contributed by atoms with Gasteiger partial charge < -0.3 is 14.4 Å². The Morgan fingerprint density at radius 2 is 2.13 bits per heavy atom. The van der Waals surface area contributed by atoms with Gasteiger partial charge in [-0.05, 0) is 43.9 Å². The Kier molecular flexibility index (Phi) is 3.49. The molecule has 0 amide bonds. The second kappa shape index (κ2) is 5.53. The number of hydrogen-bond donors (Lipinski definition) is 1. The van der Waals surface area contributed by atoms with Gasteiger partial charge in [-0.25, -0.2) is 4.98 Å².